The molecule has 4 aromatic carbocycles. The van der Waals surface area contributed by atoms with Gasteiger partial charge in [-0.25, -0.2) is 14.7 Å². The zero-order valence-electron chi connectivity index (χ0n) is 28.6. The number of benzene rings is 4. The molecule has 1 unspecified atom stereocenters. The molecule has 1 atom stereocenters. The molecule has 1 aliphatic rings. The SMILES string of the molecule is COc1cc(-c2cc(-c3ccccc3)nc(SC3CC(=O)N(c4ccc(C(=O)OCC(=O)c5ccccc5Cl)cc4)C3=O)c2C#N)cc(OC)c1OC. The number of methoxy groups -OCH3 is 3. The molecule has 1 saturated heterocycles. The number of ether oxygens (including phenoxy) is 4. The number of thioether (sulfide) groups is 1. The van der Waals surface area contributed by atoms with Gasteiger partial charge in [0.05, 0.1) is 54.1 Å². The largest absolute Gasteiger partial charge is 0.493 e. The van der Waals surface area contributed by atoms with Gasteiger partial charge in [-0.3, -0.25) is 14.4 Å². The molecule has 6 rings (SSSR count). The monoisotopic (exact) mass is 747 g/mol. The van der Waals surface area contributed by atoms with E-state index in [-0.39, 0.29) is 38.8 Å². The third kappa shape index (κ3) is 7.58. The highest BCUT2D eigenvalue weighted by molar-refractivity contribution is 8.00. The van der Waals surface area contributed by atoms with Crippen LogP contribution in [0.15, 0.2) is 102 Å². The van der Waals surface area contributed by atoms with Crippen LogP contribution < -0.4 is 19.1 Å². The molecular weight excluding hydrogens is 718 g/mol. The number of carbonyl (C=O) groups is 4. The smallest absolute Gasteiger partial charge is 0.338 e. The van der Waals surface area contributed by atoms with E-state index in [2.05, 4.69) is 6.07 Å². The van der Waals surface area contributed by atoms with Gasteiger partial charge >= 0.3 is 5.97 Å². The maximum absolute atomic E-state index is 13.8. The molecule has 2 amide bonds. The number of pyridine rings is 1. The second-order valence-electron chi connectivity index (χ2n) is 11.5. The van der Waals surface area contributed by atoms with Crippen molar-refractivity contribution in [3.63, 3.8) is 0 Å². The number of esters is 1. The number of rotatable bonds is 12. The van der Waals surface area contributed by atoms with Crippen LogP contribution in [0.5, 0.6) is 17.2 Å². The summed E-state index contributed by atoms with van der Waals surface area (Å²) in [6.45, 7) is -0.516. The van der Waals surface area contributed by atoms with E-state index in [1.54, 1.807) is 36.4 Å². The molecule has 53 heavy (non-hydrogen) atoms. The molecule has 0 radical (unpaired) electrons. The number of nitriles is 1. The zero-order chi connectivity index (χ0) is 37.6. The number of hydrogen-bond acceptors (Lipinski definition) is 11. The second kappa shape index (κ2) is 16.0. The molecule has 11 nitrogen and oxygen atoms in total. The van der Waals surface area contributed by atoms with Crippen LogP contribution in [0.1, 0.15) is 32.7 Å². The van der Waals surface area contributed by atoms with Gasteiger partial charge in [-0.15, -0.1) is 0 Å². The Hall–Kier alpha value is -6.16. The number of imide groups is 1. The summed E-state index contributed by atoms with van der Waals surface area (Å²) in [6.07, 6.45) is -0.154. The van der Waals surface area contributed by atoms with Crippen molar-refractivity contribution in [1.82, 2.24) is 4.98 Å². The van der Waals surface area contributed by atoms with E-state index in [1.807, 2.05) is 30.3 Å². The Kier molecular flexibility index (Phi) is 11.1. The fraction of sp³-hybridized carbons (Fsp3) is 0.150. The summed E-state index contributed by atoms with van der Waals surface area (Å²) in [5.74, 6) is -1.04. The van der Waals surface area contributed by atoms with Crippen LogP contribution in [0.4, 0.5) is 5.69 Å². The molecule has 1 aromatic heterocycles. The minimum Gasteiger partial charge on any atom is -0.493 e. The highest BCUT2D eigenvalue weighted by Crippen LogP contribution is 2.44. The number of amides is 2. The fourth-order valence-electron chi connectivity index (χ4n) is 5.76. The molecule has 0 spiro atoms. The first-order chi connectivity index (χ1) is 25.7. The third-order valence-electron chi connectivity index (χ3n) is 8.37. The van der Waals surface area contributed by atoms with E-state index >= 15 is 0 Å². The molecule has 0 aliphatic carbocycles. The first kappa shape index (κ1) is 36.6. The molecule has 1 fully saturated rings. The van der Waals surface area contributed by atoms with Crippen molar-refractivity contribution in [1.29, 1.82) is 5.26 Å². The van der Waals surface area contributed by atoms with Crippen LogP contribution in [0, 0.1) is 11.3 Å². The summed E-state index contributed by atoms with van der Waals surface area (Å²) in [5.41, 5.74) is 3.19. The molecule has 0 saturated carbocycles. The van der Waals surface area contributed by atoms with Gasteiger partial charge in [0.1, 0.15) is 11.1 Å². The Balaban J connectivity index is 1.27. The van der Waals surface area contributed by atoms with E-state index in [0.29, 0.717) is 34.1 Å². The van der Waals surface area contributed by atoms with E-state index in [4.69, 9.17) is 35.5 Å². The number of Topliss-reactive ketones (excluding diaryl/α,β-unsaturated/α-hetero) is 1. The van der Waals surface area contributed by atoms with E-state index in [9.17, 15) is 24.4 Å². The van der Waals surface area contributed by atoms with Crippen LogP contribution in [0.2, 0.25) is 5.02 Å². The van der Waals surface area contributed by atoms with E-state index < -0.39 is 35.4 Å². The normalized spacial score (nSPS) is 13.7. The first-order valence-corrected chi connectivity index (χ1v) is 17.3. The van der Waals surface area contributed by atoms with Crippen molar-refractivity contribution in [2.24, 2.45) is 0 Å². The highest BCUT2D eigenvalue weighted by atomic mass is 35.5. The minimum atomic E-state index is -0.902. The summed E-state index contributed by atoms with van der Waals surface area (Å²) in [5, 5.41) is 10.1. The topological polar surface area (TPSA) is 145 Å². The van der Waals surface area contributed by atoms with Crippen LogP contribution in [0.25, 0.3) is 22.4 Å². The number of ketones is 1. The summed E-state index contributed by atoms with van der Waals surface area (Å²) in [7, 11) is 4.49. The standard InChI is InChI=1S/C40H30ClN3O8S/c1-49-33-17-25(18-34(50-2)37(33)51-3)28-19-31(23-9-5-4-6-10-23)43-38(29(28)21-42)53-35-20-36(46)44(39(35)47)26-15-13-24(14-16-26)40(48)52-22-32(45)27-11-7-8-12-30(27)41/h4-19,35H,20,22H2,1-3H3. The lowest BCUT2D eigenvalue weighted by Crippen LogP contribution is -2.31. The maximum atomic E-state index is 13.8. The van der Waals surface area contributed by atoms with Crippen LogP contribution in [-0.4, -0.2) is 61.7 Å². The lowest BCUT2D eigenvalue weighted by Gasteiger charge is -2.18. The fourth-order valence-corrected chi connectivity index (χ4v) is 7.13. The van der Waals surface area contributed by atoms with Crippen molar-refractivity contribution in [3.8, 4) is 45.7 Å². The lowest BCUT2D eigenvalue weighted by molar-refractivity contribution is -0.121. The Labute approximate surface area is 314 Å². The van der Waals surface area contributed by atoms with Crippen LogP contribution in [-0.2, 0) is 14.3 Å². The number of anilines is 1. The van der Waals surface area contributed by atoms with Crippen LogP contribution >= 0.6 is 23.4 Å². The highest BCUT2D eigenvalue weighted by Gasteiger charge is 2.41. The number of halogens is 1. The summed E-state index contributed by atoms with van der Waals surface area (Å²) < 4.78 is 21.8. The summed E-state index contributed by atoms with van der Waals surface area (Å²) in [6, 6.07) is 29.0. The maximum Gasteiger partial charge on any atom is 0.338 e. The van der Waals surface area contributed by atoms with Gasteiger partial charge in [-0.2, -0.15) is 5.26 Å². The zero-order valence-corrected chi connectivity index (χ0v) is 30.2. The minimum absolute atomic E-state index is 0.116. The van der Waals surface area contributed by atoms with Gasteiger partial charge in [0.2, 0.25) is 23.3 Å². The van der Waals surface area contributed by atoms with Gasteiger partial charge < -0.3 is 18.9 Å². The predicted molar refractivity (Wildman–Crippen MR) is 199 cm³/mol. The molecule has 1 aliphatic heterocycles. The molecule has 0 N–H and O–H groups in total. The number of hydrogen-bond donors (Lipinski definition) is 0. The van der Waals surface area contributed by atoms with Crippen molar-refractivity contribution >= 4 is 52.6 Å². The van der Waals surface area contributed by atoms with Crippen molar-refractivity contribution in [2.75, 3.05) is 32.8 Å². The Morgan fingerprint density at radius 2 is 1.55 bits per heavy atom. The van der Waals surface area contributed by atoms with Gasteiger partial charge in [-0.1, -0.05) is 65.8 Å². The Morgan fingerprint density at radius 3 is 2.17 bits per heavy atom. The van der Waals surface area contributed by atoms with Gasteiger partial charge in [0.25, 0.3) is 0 Å². The lowest BCUT2D eigenvalue weighted by atomic mass is 9.98. The van der Waals surface area contributed by atoms with Crippen molar-refractivity contribution in [3.05, 3.63) is 119 Å². The molecule has 5 aromatic rings. The third-order valence-corrected chi connectivity index (χ3v) is 9.87. The number of carbonyl (C=O) groups excluding carboxylic acids is 4. The first-order valence-electron chi connectivity index (χ1n) is 16.1. The van der Waals surface area contributed by atoms with Crippen molar-refractivity contribution < 1.29 is 38.1 Å². The number of aromatic nitrogens is 1. The Morgan fingerprint density at radius 1 is 0.887 bits per heavy atom. The van der Waals surface area contributed by atoms with E-state index in [0.717, 1.165) is 22.2 Å². The summed E-state index contributed by atoms with van der Waals surface area (Å²) >= 11 is 7.09. The average molecular weight is 748 g/mol. The van der Waals surface area contributed by atoms with E-state index in [1.165, 1.54) is 51.7 Å². The second-order valence-corrected chi connectivity index (χ2v) is 13.1. The average Bonchev–Trinajstić information content (AvgIpc) is 3.47. The van der Waals surface area contributed by atoms with Gasteiger partial charge in [0.15, 0.2) is 18.1 Å². The van der Waals surface area contributed by atoms with Crippen LogP contribution in [0.3, 0.4) is 0 Å². The molecule has 13 heteroatoms. The quantitative estimate of drug-likeness (QED) is 0.0714. The predicted octanol–water partition coefficient (Wildman–Crippen LogP) is 7.43. The van der Waals surface area contributed by atoms with Crippen molar-refractivity contribution in [2.45, 2.75) is 16.7 Å². The van der Waals surface area contributed by atoms with Gasteiger partial charge in [0, 0.05) is 23.1 Å². The molecule has 2 heterocycles. The summed E-state index contributed by atoms with van der Waals surface area (Å²) in [4.78, 5) is 58.1. The van der Waals surface area contributed by atoms with Gasteiger partial charge in [-0.05, 0) is 60.2 Å². The Bertz CT molecular complexity index is 2250. The number of nitrogens with zero attached hydrogens (tertiary/aromatic N) is 3. The molecule has 0 bridgehead atoms. The molecular formula is C40H30ClN3O8S. The molecule has 266 valence electrons.